The second kappa shape index (κ2) is 6.34. The van der Waals surface area contributed by atoms with Gasteiger partial charge in [0.05, 0.1) is 0 Å². The van der Waals surface area contributed by atoms with Crippen molar-refractivity contribution in [1.29, 1.82) is 0 Å². The van der Waals surface area contributed by atoms with Crippen LogP contribution in [0.15, 0.2) is 48.8 Å². The fraction of sp³-hybridized carbons (Fsp3) is 0.312. The lowest BCUT2D eigenvalue weighted by atomic mass is 10.1. The molecule has 0 fully saturated rings. The molecule has 2 rings (SSSR count). The number of anilines is 1. The molecule has 1 N–H and O–H groups in total. The van der Waals surface area contributed by atoms with E-state index >= 15 is 0 Å². The van der Waals surface area contributed by atoms with Crippen LogP contribution in [0.2, 0.25) is 0 Å². The third kappa shape index (κ3) is 3.32. The van der Waals surface area contributed by atoms with Crippen molar-refractivity contribution in [2.45, 2.75) is 19.5 Å². The average molecular weight is 255 g/mol. The summed E-state index contributed by atoms with van der Waals surface area (Å²) in [6, 6.07) is 13.0. The molecule has 0 amide bonds. The highest BCUT2D eigenvalue weighted by atomic mass is 15.1. The molecule has 2 aromatic rings. The topological polar surface area (TPSA) is 28.2 Å². The van der Waals surface area contributed by atoms with Gasteiger partial charge in [0, 0.05) is 37.7 Å². The molecule has 0 saturated carbocycles. The van der Waals surface area contributed by atoms with Crippen molar-refractivity contribution in [1.82, 2.24) is 10.3 Å². The fourth-order valence-corrected chi connectivity index (χ4v) is 2.20. The molecule has 1 atom stereocenters. The number of aromatic nitrogens is 1. The Bertz CT molecular complexity index is 510. The number of rotatable bonds is 5. The van der Waals surface area contributed by atoms with Crippen LogP contribution < -0.4 is 10.2 Å². The molecule has 1 aromatic carbocycles. The van der Waals surface area contributed by atoms with Gasteiger partial charge in [-0.25, -0.2) is 0 Å². The van der Waals surface area contributed by atoms with Crippen LogP contribution in [0, 0.1) is 0 Å². The predicted octanol–water partition coefficient (Wildman–Crippen LogP) is 3.00. The van der Waals surface area contributed by atoms with Crippen molar-refractivity contribution in [3.63, 3.8) is 0 Å². The summed E-state index contributed by atoms with van der Waals surface area (Å²) in [5.41, 5.74) is 3.85. The Morgan fingerprint density at radius 2 is 1.84 bits per heavy atom. The lowest BCUT2D eigenvalue weighted by Crippen LogP contribution is -2.21. The van der Waals surface area contributed by atoms with Gasteiger partial charge in [0.25, 0.3) is 0 Å². The largest absolute Gasteiger partial charge is 0.370 e. The fourth-order valence-electron chi connectivity index (χ4n) is 2.20. The molecule has 0 bridgehead atoms. The van der Waals surface area contributed by atoms with Crippen molar-refractivity contribution < 1.29 is 0 Å². The summed E-state index contributed by atoms with van der Waals surface area (Å²) in [7, 11) is 4.12. The molecule has 1 unspecified atom stereocenters. The maximum atomic E-state index is 4.06. The molecule has 3 nitrogen and oxygen atoms in total. The van der Waals surface area contributed by atoms with Gasteiger partial charge in [-0.2, -0.15) is 0 Å². The zero-order valence-corrected chi connectivity index (χ0v) is 11.8. The normalized spacial score (nSPS) is 12.2. The third-order valence-electron chi connectivity index (χ3n) is 3.42. The summed E-state index contributed by atoms with van der Waals surface area (Å²) in [6.07, 6.45) is 3.68. The van der Waals surface area contributed by atoms with Crippen LogP contribution in [0.5, 0.6) is 0 Å². The van der Waals surface area contributed by atoms with Crippen molar-refractivity contribution in [3.8, 4) is 0 Å². The first-order valence-electron chi connectivity index (χ1n) is 6.58. The highest BCUT2D eigenvalue weighted by Crippen LogP contribution is 2.26. The van der Waals surface area contributed by atoms with Crippen LogP contribution in [0.1, 0.15) is 24.1 Å². The van der Waals surface area contributed by atoms with Crippen LogP contribution in [0.4, 0.5) is 5.69 Å². The Morgan fingerprint density at radius 3 is 2.53 bits per heavy atom. The Labute approximate surface area is 115 Å². The maximum absolute atomic E-state index is 4.06. The van der Waals surface area contributed by atoms with E-state index in [9.17, 15) is 0 Å². The average Bonchev–Trinajstić information content (AvgIpc) is 2.47. The van der Waals surface area contributed by atoms with Crippen LogP contribution in [0.25, 0.3) is 0 Å². The minimum absolute atomic E-state index is 0.344. The van der Waals surface area contributed by atoms with E-state index in [4.69, 9.17) is 0 Å². The minimum Gasteiger partial charge on any atom is -0.370 e. The Kier molecular flexibility index (Phi) is 4.53. The minimum atomic E-state index is 0.344. The Balaban J connectivity index is 2.21. The molecule has 0 aliphatic heterocycles. The van der Waals surface area contributed by atoms with E-state index in [1.807, 2.05) is 19.4 Å². The standard InChI is InChI=1S/C16H21N3/c1-13(17-2)15-6-4-5-7-16(15)19(3)12-14-8-10-18-11-9-14/h4-11,13,17H,12H2,1-3H3. The van der Waals surface area contributed by atoms with Crippen molar-refractivity contribution in [2.75, 3.05) is 19.0 Å². The first kappa shape index (κ1) is 13.6. The zero-order valence-electron chi connectivity index (χ0n) is 11.8. The lowest BCUT2D eigenvalue weighted by Gasteiger charge is -2.25. The van der Waals surface area contributed by atoms with Crippen LogP contribution in [0.3, 0.4) is 0 Å². The molecule has 1 aromatic heterocycles. The van der Waals surface area contributed by atoms with E-state index in [2.05, 4.69) is 65.6 Å². The Hall–Kier alpha value is -1.87. The van der Waals surface area contributed by atoms with Crippen molar-refractivity contribution in [2.24, 2.45) is 0 Å². The molecule has 3 heteroatoms. The van der Waals surface area contributed by atoms with Crippen molar-refractivity contribution in [3.05, 3.63) is 59.9 Å². The van der Waals surface area contributed by atoms with Crippen LogP contribution >= 0.6 is 0 Å². The monoisotopic (exact) mass is 255 g/mol. The molecule has 19 heavy (non-hydrogen) atoms. The summed E-state index contributed by atoms with van der Waals surface area (Å²) < 4.78 is 0. The van der Waals surface area contributed by atoms with Gasteiger partial charge in [-0.05, 0) is 43.3 Å². The van der Waals surface area contributed by atoms with Gasteiger partial charge in [-0.15, -0.1) is 0 Å². The van der Waals surface area contributed by atoms with Crippen LogP contribution in [-0.4, -0.2) is 19.1 Å². The van der Waals surface area contributed by atoms with Gasteiger partial charge in [-0.1, -0.05) is 18.2 Å². The smallest absolute Gasteiger partial charge is 0.0427 e. The number of hydrogen-bond donors (Lipinski definition) is 1. The number of para-hydroxylation sites is 1. The van der Waals surface area contributed by atoms with Gasteiger partial charge < -0.3 is 10.2 Å². The van der Waals surface area contributed by atoms with Gasteiger partial charge in [0.1, 0.15) is 0 Å². The number of benzene rings is 1. The number of nitrogens with one attached hydrogen (secondary N) is 1. The van der Waals surface area contributed by atoms with Gasteiger partial charge in [0.2, 0.25) is 0 Å². The van der Waals surface area contributed by atoms with Gasteiger partial charge in [-0.3, -0.25) is 4.98 Å². The summed E-state index contributed by atoms with van der Waals surface area (Å²) in [5, 5.41) is 3.30. The first-order valence-corrected chi connectivity index (χ1v) is 6.58. The highest BCUT2D eigenvalue weighted by Gasteiger charge is 2.11. The second-order valence-electron chi connectivity index (χ2n) is 4.78. The van der Waals surface area contributed by atoms with E-state index in [0.29, 0.717) is 6.04 Å². The number of pyridine rings is 1. The summed E-state index contributed by atoms with van der Waals surface area (Å²) >= 11 is 0. The molecular formula is C16H21N3. The molecule has 0 aliphatic carbocycles. The first-order chi connectivity index (χ1) is 9.22. The van der Waals surface area contributed by atoms with Crippen LogP contribution in [-0.2, 0) is 6.54 Å². The van der Waals surface area contributed by atoms with E-state index in [1.165, 1.54) is 16.8 Å². The van der Waals surface area contributed by atoms with E-state index < -0.39 is 0 Å². The number of nitrogens with zero attached hydrogens (tertiary/aromatic N) is 2. The van der Waals surface area contributed by atoms with E-state index in [1.54, 1.807) is 0 Å². The molecule has 0 aliphatic rings. The van der Waals surface area contributed by atoms with Gasteiger partial charge >= 0.3 is 0 Å². The SMILES string of the molecule is CNC(C)c1ccccc1N(C)Cc1ccncc1. The molecule has 1 heterocycles. The van der Waals surface area contributed by atoms with E-state index in [0.717, 1.165) is 6.54 Å². The van der Waals surface area contributed by atoms with Crippen molar-refractivity contribution >= 4 is 5.69 Å². The van der Waals surface area contributed by atoms with E-state index in [-0.39, 0.29) is 0 Å². The van der Waals surface area contributed by atoms with Gasteiger partial charge in [0.15, 0.2) is 0 Å². The number of hydrogen-bond acceptors (Lipinski definition) is 3. The lowest BCUT2D eigenvalue weighted by molar-refractivity contribution is 0.649. The molecule has 0 spiro atoms. The summed E-state index contributed by atoms with van der Waals surface area (Å²) in [6.45, 7) is 3.06. The third-order valence-corrected chi connectivity index (χ3v) is 3.42. The molecular weight excluding hydrogens is 234 g/mol. The second-order valence-corrected chi connectivity index (χ2v) is 4.78. The quantitative estimate of drug-likeness (QED) is 0.890. The summed E-state index contributed by atoms with van der Waals surface area (Å²) in [4.78, 5) is 6.33. The predicted molar refractivity (Wildman–Crippen MR) is 80.3 cm³/mol. The summed E-state index contributed by atoms with van der Waals surface area (Å²) in [5.74, 6) is 0. The maximum Gasteiger partial charge on any atom is 0.0427 e. The highest BCUT2D eigenvalue weighted by molar-refractivity contribution is 5.54. The zero-order chi connectivity index (χ0) is 13.7. The molecule has 100 valence electrons. The molecule has 0 saturated heterocycles. The Morgan fingerprint density at radius 1 is 1.16 bits per heavy atom. The molecule has 0 radical (unpaired) electrons.